The molecule has 0 aromatic rings. The summed E-state index contributed by atoms with van der Waals surface area (Å²) in [6.07, 6.45) is 2.08. The summed E-state index contributed by atoms with van der Waals surface area (Å²) in [5.74, 6) is -0.133. The van der Waals surface area contributed by atoms with Gasteiger partial charge in [-0.25, -0.2) is 0 Å². The van der Waals surface area contributed by atoms with Crippen molar-refractivity contribution in [2.75, 3.05) is 26.2 Å². The van der Waals surface area contributed by atoms with Crippen molar-refractivity contribution in [1.82, 2.24) is 10.6 Å². The largest absolute Gasteiger partial charge is 0.395 e. The fourth-order valence-corrected chi connectivity index (χ4v) is 1.11. The van der Waals surface area contributed by atoms with Gasteiger partial charge in [0.05, 0.1) is 6.61 Å². The molecule has 0 aliphatic carbocycles. The van der Waals surface area contributed by atoms with Crippen LogP contribution in [-0.4, -0.2) is 43.2 Å². The molecule has 94 valence electrons. The van der Waals surface area contributed by atoms with Crippen LogP contribution >= 0.6 is 0 Å². The minimum Gasteiger partial charge on any atom is -0.395 e. The average molecular weight is 231 g/mol. The molecule has 0 bridgehead atoms. The van der Waals surface area contributed by atoms with Crippen LogP contribution < -0.4 is 16.4 Å². The summed E-state index contributed by atoms with van der Waals surface area (Å²) in [6.45, 7) is 1.23. The molecule has 0 saturated heterocycles. The third-order valence-corrected chi connectivity index (χ3v) is 1.94. The van der Waals surface area contributed by atoms with Crippen molar-refractivity contribution in [1.29, 1.82) is 0 Å². The van der Waals surface area contributed by atoms with Crippen molar-refractivity contribution in [3.8, 4) is 0 Å². The molecule has 0 rings (SSSR count). The lowest BCUT2D eigenvalue weighted by molar-refractivity contribution is -0.123. The van der Waals surface area contributed by atoms with Crippen LogP contribution in [0.2, 0.25) is 0 Å². The number of nitrogens with two attached hydrogens (primary N) is 1. The SMILES string of the molecule is NCCCC(=O)NCCCC(=O)NCCO. The number of aliphatic hydroxyl groups is 1. The third-order valence-electron chi connectivity index (χ3n) is 1.94. The van der Waals surface area contributed by atoms with Crippen LogP contribution in [-0.2, 0) is 9.59 Å². The monoisotopic (exact) mass is 231 g/mol. The van der Waals surface area contributed by atoms with Crippen LogP contribution in [0.4, 0.5) is 0 Å². The third kappa shape index (κ3) is 9.42. The minimum absolute atomic E-state index is 0.0267. The summed E-state index contributed by atoms with van der Waals surface area (Å²) in [7, 11) is 0. The number of carbonyl (C=O) groups excluding carboxylic acids is 2. The summed E-state index contributed by atoms with van der Waals surface area (Å²) in [4.78, 5) is 22.2. The van der Waals surface area contributed by atoms with Gasteiger partial charge in [-0.3, -0.25) is 9.59 Å². The highest BCUT2D eigenvalue weighted by molar-refractivity contribution is 5.77. The molecule has 0 aromatic carbocycles. The first kappa shape index (κ1) is 14.9. The molecule has 0 aliphatic heterocycles. The van der Waals surface area contributed by atoms with Crippen LogP contribution in [0, 0.1) is 0 Å². The number of rotatable bonds is 9. The molecule has 2 amide bonds. The van der Waals surface area contributed by atoms with Gasteiger partial charge >= 0.3 is 0 Å². The molecular weight excluding hydrogens is 210 g/mol. The molecule has 0 atom stereocenters. The Morgan fingerprint density at radius 1 is 1.00 bits per heavy atom. The molecule has 0 aliphatic rings. The van der Waals surface area contributed by atoms with Gasteiger partial charge in [-0.15, -0.1) is 0 Å². The van der Waals surface area contributed by atoms with Crippen molar-refractivity contribution >= 4 is 11.8 Å². The summed E-state index contributed by atoms with van der Waals surface area (Å²) in [6, 6.07) is 0. The molecule has 0 spiro atoms. The standard InChI is InChI=1S/C10H21N3O3/c11-5-1-3-9(15)12-6-2-4-10(16)13-7-8-14/h14H,1-8,11H2,(H,12,15)(H,13,16). The van der Waals surface area contributed by atoms with Crippen LogP contribution in [0.25, 0.3) is 0 Å². The predicted molar refractivity (Wildman–Crippen MR) is 60.6 cm³/mol. The Balaban J connectivity index is 3.31. The second-order valence-corrected chi connectivity index (χ2v) is 3.42. The number of hydrogen-bond acceptors (Lipinski definition) is 4. The first-order chi connectivity index (χ1) is 7.70. The second-order valence-electron chi connectivity index (χ2n) is 3.42. The fraction of sp³-hybridized carbons (Fsp3) is 0.800. The van der Waals surface area contributed by atoms with E-state index >= 15 is 0 Å². The van der Waals surface area contributed by atoms with Gasteiger partial charge in [0.25, 0.3) is 0 Å². The number of nitrogens with one attached hydrogen (secondary N) is 2. The van der Waals surface area contributed by atoms with Gasteiger partial charge in [-0.2, -0.15) is 0 Å². The van der Waals surface area contributed by atoms with E-state index in [1.165, 1.54) is 0 Å². The Labute approximate surface area is 95.6 Å². The Bertz CT molecular complexity index is 187. The van der Waals surface area contributed by atoms with E-state index in [0.717, 1.165) is 0 Å². The Morgan fingerprint density at radius 3 is 2.12 bits per heavy atom. The van der Waals surface area contributed by atoms with E-state index in [0.29, 0.717) is 38.8 Å². The van der Waals surface area contributed by atoms with Crippen molar-refractivity contribution in [2.24, 2.45) is 5.73 Å². The molecule has 0 fully saturated rings. The van der Waals surface area contributed by atoms with Gasteiger partial charge in [0, 0.05) is 25.9 Å². The van der Waals surface area contributed by atoms with E-state index in [1.54, 1.807) is 0 Å². The number of aliphatic hydroxyl groups excluding tert-OH is 1. The maximum atomic E-state index is 11.1. The molecular formula is C10H21N3O3. The Hall–Kier alpha value is -1.14. The molecule has 6 heteroatoms. The fourth-order valence-electron chi connectivity index (χ4n) is 1.11. The van der Waals surface area contributed by atoms with Crippen LogP contribution in [0.5, 0.6) is 0 Å². The molecule has 6 nitrogen and oxygen atoms in total. The maximum absolute atomic E-state index is 11.1. The lowest BCUT2D eigenvalue weighted by atomic mass is 10.2. The zero-order valence-electron chi connectivity index (χ0n) is 9.50. The zero-order valence-corrected chi connectivity index (χ0v) is 9.50. The number of carbonyl (C=O) groups is 2. The second kappa shape index (κ2) is 10.4. The molecule has 0 radical (unpaired) electrons. The van der Waals surface area contributed by atoms with Gasteiger partial charge in [0.2, 0.25) is 11.8 Å². The van der Waals surface area contributed by atoms with E-state index in [1.807, 2.05) is 0 Å². The molecule has 16 heavy (non-hydrogen) atoms. The first-order valence-corrected chi connectivity index (χ1v) is 5.55. The van der Waals surface area contributed by atoms with Crippen molar-refractivity contribution in [3.05, 3.63) is 0 Å². The van der Waals surface area contributed by atoms with Gasteiger partial charge in [0.15, 0.2) is 0 Å². The van der Waals surface area contributed by atoms with Gasteiger partial charge in [-0.05, 0) is 19.4 Å². The quantitative estimate of drug-likeness (QED) is 0.371. The summed E-state index contributed by atoms with van der Waals surface area (Å²) >= 11 is 0. The van der Waals surface area contributed by atoms with Gasteiger partial charge in [-0.1, -0.05) is 0 Å². The lowest BCUT2D eigenvalue weighted by Crippen LogP contribution is -2.29. The van der Waals surface area contributed by atoms with E-state index in [2.05, 4.69) is 10.6 Å². The van der Waals surface area contributed by atoms with Gasteiger partial charge in [0.1, 0.15) is 0 Å². The highest BCUT2D eigenvalue weighted by Crippen LogP contribution is 1.89. The average Bonchev–Trinajstić information content (AvgIpc) is 2.29. The summed E-state index contributed by atoms with van der Waals surface area (Å²) < 4.78 is 0. The first-order valence-electron chi connectivity index (χ1n) is 5.55. The van der Waals surface area contributed by atoms with Crippen molar-refractivity contribution in [2.45, 2.75) is 25.7 Å². The van der Waals surface area contributed by atoms with Crippen molar-refractivity contribution in [3.63, 3.8) is 0 Å². The smallest absolute Gasteiger partial charge is 0.220 e. The molecule has 0 unspecified atom stereocenters. The van der Waals surface area contributed by atoms with E-state index in [4.69, 9.17) is 10.8 Å². The summed E-state index contributed by atoms with van der Waals surface area (Å²) in [5.41, 5.74) is 5.26. The molecule has 0 aromatic heterocycles. The predicted octanol–water partition coefficient (Wildman–Crippen LogP) is -1.27. The van der Waals surface area contributed by atoms with Crippen LogP contribution in [0.15, 0.2) is 0 Å². The maximum Gasteiger partial charge on any atom is 0.220 e. The lowest BCUT2D eigenvalue weighted by Gasteiger charge is -2.05. The van der Waals surface area contributed by atoms with E-state index in [9.17, 15) is 9.59 Å². The van der Waals surface area contributed by atoms with E-state index < -0.39 is 0 Å². The highest BCUT2D eigenvalue weighted by atomic mass is 16.3. The topological polar surface area (TPSA) is 104 Å². The minimum atomic E-state index is -0.106. The Kier molecular flexibility index (Phi) is 9.64. The molecule has 5 N–H and O–H groups in total. The Morgan fingerprint density at radius 2 is 1.56 bits per heavy atom. The van der Waals surface area contributed by atoms with Crippen molar-refractivity contribution < 1.29 is 14.7 Å². The molecule has 0 heterocycles. The number of hydrogen-bond donors (Lipinski definition) is 4. The van der Waals surface area contributed by atoms with Crippen LogP contribution in [0.3, 0.4) is 0 Å². The van der Waals surface area contributed by atoms with Crippen LogP contribution in [0.1, 0.15) is 25.7 Å². The summed E-state index contributed by atoms with van der Waals surface area (Å²) in [5, 5.41) is 13.7. The van der Waals surface area contributed by atoms with Gasteiger partial charge < -0.3 is 21.5 Å². The molecule has 0 saturated carbocycles. The normalized spacial score (nSPS) is 9.88. The highest BCUT2D eigenvalue weighted by Gasteiger charge is 2.02. The zero-order chi connectivity index (χ0) is 12.2. The number of amides is 2. The van der Waals surface area contributed by atoms with E-state index in [-0.39, 0.29) is 25.0 Å².